The second-order valence-electron chi connectivity index (χ2n) is 4.34. The third kappa shape index (κ3) is 2.85. The number of carbonyl (C=O) groups excluding carboxylic acids is 2. The molecule has 1 fully saturated rings. The van der Waals surface area contributed by atoms with Crippen LogP contribution < -0.4 is 11.1 Å². The molecule has 6 nitrogen and oxygen atoms in total. The van der Waals surface area contributed by atoms with Crippen molar-refractivity contribution in [3.63, 3.8) is 0 Å². The number of nitrogens with one attached hydrogen (secondary N) is 1. The molecule has 1 aromatic rings. The number of nitrogens with two attached hydrogens (primary N) is 1. The van der Waals surface area contributed by atoms with Gasteiger partial charge in [0.05, 0.1) is 22.4 Å². The molecule has 1 saturated carbocycles. The van der Waals surface area contributed by atoms with Crippen molar-refractivity contribution >= 4 is 35.1 Å². The molecular weight excluding hydrogens is 272 g/mol. The van der Waals surface area contributed by atoms with E-state index >= 15 is 0 Å². The number of carboxylic acid groups (broad SMARTS) is 1. The molecule has 19 heavy (non-hydrogen) atoms. The largest absolute Gasteiger partial charge is 0.481 e. The first-order valence-corrected chi connectivity index (χ1v) is 5.91. The van der Waals surface area contributed by atoms with Gasteiger partial charge in [0.25, 0.3) is 0 Å². The summed E-state index contributed by atoms with van der Waals surface area (Å²) in [6, 6.07) is 4.32. The van der Waals surface area contributed by atoms with Crippen molar-refractivity contribution < 1.29 is 19.5 Å². The third-order valence-corrected chi connectivity index (χ3v) is 3.27. The molecule has 0 bridgehead atoms. The Morgan fingerprint density at radius 2 is 2.00 bits per heavy atom. The molecule has 2 unspecified atom stereocenters. The second-order valence-corrected chi connectivity index (χ2v) is 4.74. The van der Waals surface area contributed by atoms with Gasteiger partial charge in [-0.1, -0.05) is 11.6 Å². The standard InChI is InChI=1S/C12H11ClN2O4/c13-9-2-1-5(3-8(9)10(14)16)15-11(17)6-4-7(6)12(18)19/h1-3,6-7H,4H2,(H2,14,16)(H,15,17)(H,18,19). The van der Waals surface area contributed by atoms with Gasteiger partial charge in [0.15, 0.2) is 0 Å². The Bertz CT molecular complexity index is 573. The Labute approximate surface area is 113 Å². The van der Waals surface area contributed by atoms with Gasteiger partial charge in [-0.3, -0.25) is 14.4 Å². The molecule has 1 aliphatic carbocycles. The molecule has 100 valence electrons. The van der Waals surface area contributed by atoms with E-state index in [1.165, 1.54) is 18.2 Å². The topological polar surface area (TPSA) is 109 Å². The summed E-state index contributed by atoms with van der Waals surface area (Å²) in [4.78, 5) is 33.5. The average molecular weight is 283 g/mol. The normalized spacial score (nSPS) is 20.7. The fourth-order valence-electron chi connectivity index (χ4n) is 1.78. The van der Waals surface area contributed by atoms with E-state index in [1.54, 1.807) is 0 Å². The summed E-state index contributed by atoms with van der Waals surface area (Å²) >= 11 is 5.78. The minimum Gasteiger partial charge on any atom is -0.481 e. The lowest BCUT2D eigenvalue weighted by atomic mass is 10.2. The van der Waals surface area contributed by atoms with Crippen LogP contribution in [0.15, 0.2) is 18.2 Å². The van der Waals surface area contributed by atoms with Gasteiger partial charge < -0.3 is 16.2 Å². The Balaban J connectivity index is 2.08. The van der Waals surface area contributed by atoms with Gasteiger partial charge in [-0.15, -0.1) is 0 Å². The molecule has 1 aliphatic rings. The minimum absolute atomic E-state index is 0.102. The molecule has 0 saturated heterocycles. The predicted molar refractivity (Wildman–Crippen MR) is 67.8 cm³/mol. The van der Waals surface area contributed by atoms with E-state index in [1.807, 2.05) is 0 Å². The lowest BCUT2D eigenvalue weighted by Gasteiger charge is -2.07. The molecule has 4 N–H and O–H groups in total. The van der Waals surface area contributed by atoms with E-state index in [-0.39, 0.29) is 16.5 Å². The van der Waals surface area contributed by atoms with Crippen molar-refractivity contribution in [2.24, 2.45) is 17.6 Å². The highest BCUT2D eigenvalue weighted by Gasteiger charge is 2.48. The number of hydrogen-bond acceptors (Lipinski definition) is 3. The van der Waals surface area contributed by atoms with E-state index in [0.29, 0.717) is 12.1 Å². The second kappa shape index (κ2) is 4.89. The first-order chi connectivity index (χ1) is 8.90. The quantitative estimate of drug-likeness (QED) is 0.768. The third-order valence-electron chi connectivity index (χ3n) is 2.94. The van der Waals surface area contributed by atoms with E-state index in [0.717, 1.165) is 0 Å². The Kier molecular flexibility index (Phi) is 3.44. The van der Waals surface area contributed by atoms with Crippen molar-refractivity contribution in [3.05, 3.63) is 28.8 Å². The zero-order valence-electron chi connectivity index (χ0n) is 9.72. The smallest absolute Gasteiger partial charge is 0.307 e. The first-order valence-electron chi connectivity index (χ1n) is 5.53. The SMILES string of the molecule is NC(=O)c1cc(NC(=O)C2CC2C(=O)O)ccc1Cl. The van der Waals surface area contributed by atoms with Crippen LogP contribution in [-0.2, 0) is 9.59 Å². The van der Waals surface area contributed by atoms with Crippen LogP contribution in [0, 0.1) is 11.8 Å². The number of anilines is 1. The summed E-state index contributed by atoms with van der Waals surface area (Å²) in [5.74, 6) is -3.21. The first kappa shape index (κ1) is 13.4. The summed E-state index contributed by atoms with van der Waals surface area (Å²) < 4.78 is 0. The van der Waals surface area contributed by atoms with Crippen molar-refractivity contribution in [3.8, 4) is 0 Å². The summed E-state index contributed by atoms with van der Waals surface area (Å²) in [6.07, 6.45) is 0.331. The van der Waals surface area contributed by atoms with Gasteiger partial charge in [-0.25, -0.2) is 0 Å². The number of carbonyl (C=O) groups is 3. The zero-order valence-corrected chi connectivity index (χ0v) is 10.5. The molecule has 0 radical (unpaired) electrons. The fraction of sp³-hybridized carbons (Fsp3) is 0.250. The fourth-order valence-corrected chi connectivity index (χ4v) is 2.00. The van der Waals surface area contributed by atoms with Gasteiger partial charge in [0.1, 0.15) is 0 Å². The van der Waals surface area contributed by atoms with E-state index in [4.69, 9.17) is 22.4 Å². The molecule has 0 spiro atoms. The highest BCUT2D eigenvalue weighted by atomic mass is 35.5. The van der Waals surface area contributed by atoms with Gasteiger partial charge in [-0.2, -0.15) is 0 Å². The molecule has 2 amide bonds. The number of carboxylic acids is 1. The van der Waals surface area contributed by atoms with Crippen LogP contribution in [0.3, 0.4) is 0 Å². The lowest BCUT2D eigenvalue weighted by Crippen LogP contribution is -2.18. The number of hydrogen-bond donors (Lipinski definition) is 3. The van der Waals surface area contributed by atoms with Crippen LogP contribution in [0.2, 0.25) is 5.02 Å². The molecule has 0 aromatic heterocycles. The number of benzene rings is 1. The van der Waals surface area contributed by atoms with Crippen LogP contribution >= 0.6 is 11.6 Å². The van der Waals surface area contributed by atoms with Crippen LogP contribution in [-0.4, -0.2) is 22.9 Å². The highest BCUT2D eigenvalue weighted by molar-refractivity contribution is 6.34. The highest BCUT2D eigenvalue weighted by Crippen LogP contribution is 2.39. The number of halogens is 1. The summed E-state index contributed by atoms with van der Waals surface area (Å²) in [5.41, 5.74) is 5.60. The van der Waals surface area contributed by atoms with Gasteiger partial charge in [-0.05, 0) is 24.6 Å². The Morgan fingerprint density at radius 3 is 2.53 bits per heavy atom. The predicted octanol–water partition coefficient (Wildman–Crippen LogP) is 1.10. The van der Waals surface area contributed by atoms with Crippen LogP contribution in [0.25, 0.3) is 0 Å². The van der Waals surface area contributed by atoms with Crippen LogP contribution in [0.1, 0.15) is 16.8 Å². The Hall–Kier alpha value is -2.08. The monoisotopic (exact) mass is 282 g/mol. The lowest BCUT2D eigenvalue weighted by molar-refractivity contribution is -0.139. The number of aliphatic carboxylic acids is 1. The molecule has 2 rings (SSSR count). The molecule has 0 heterocycles. The summed E-state index contributed by atoms with van der Waals surface area (Å²) in [5, 5.41) is 11.5. The molecule has 0 aliphatic heterocycles. The van der Waals surface area contributed by atoms with Crippen molar-refractivity contribution in [2.45, 2.75) is 6.42 Å². The molecule has 7 heteroatoms. The van der Waals surface area contributed by atoms with Gasteiger partial charge in [0.2, 0.25) is 11.8 Å². The molecule has 1 aromatic carbocycles. The van der Waals surface area contributed by atoms with E-state index in [9.17, 15) is 14.4 Å². The van der Waals surface area contributed by atoms with Crippen molar-refractivity contribution in [1.82, 2.24) is 0 Å². The maximum Gasteiger partial charge on any atom is 0.307 e. The van der Waals surface area contributed by atoms with Gasteiger partial charge >= 0.3 is 5.97 Å². The van der Waals surface area contributed by atoms with Crippen LogP contribution in [0.5, 0.6) is 0 Å². The maximum absolute atomic E-state index is 11.7. The van der Waals surface area contributed by atoms with Crippen molar-refractivity contribution in [1.29, 1.82) is 0 Å². The molecule has 2 atom stereocenters. The van der Waals surface area contributed by atoms with Crippen molar-refractivity contribution in [2.75, 3.05) is 5.32 Å². The minimum atomic E-state index is -0.978. The Morgan fingerprint density at radius 1 is 1.32 bits per heavy atom. The average Bonchev–Trinajstić information content (AvgIpc) is 3.11. The summed E-state index contributed by atoms with van der Waals surface area (Å²) in [6.45, 7) is 0. The van der Waals surface area contributed by atoms with Crippen LogP contribution in [0.4, 0.5) is 5.69 Å². The maximum atomic E-state index is 11.7. The number of amides is 2. The molecular formula is C12H11ClN2O4. The van der Waals surface area contributed by atoms with E-state index in [2.05, 4.69) is 5.32 Å². The number of rotatable bonds is 4. The number of primary amides is 1. The van der Waals surface area contributed by atoms with Gasteiger partial charge in [0, 0.05) is 5.69 Å². The zero-order chi connectivity index (χ0) is 14.2. The van der Waals surface area contributed by atoms with E-state index < -0.39 is 23.7 Å². The summed E-state index contributed by atoms with van der Waals surface area (Å²) in [7, 11) is 0.